The van der Waals surface area contributed by atoms with Gasteiger partial charge in [0, 0.05) is 19.6 Å². The molecule has 1 aromatic rings. The topological polar surface area (TPSA) is 59.0 Å². The summed E-state index contributed by atoms with van der Waals surface area (Å²) in [5, 5.41) is 10.5. The van der Waals surface area contributed by atoms with Crippen molar-refractivity contribution in [1.29, 1.82) is 0 Å². The number of rotatable bonds is 1. The SMILES string of the molecule is CC1(C)CN(C(=O)c2cc3c(cc2O)CCCC3)CC2(CCOC2)O1. The van der Waals surface area contributed by atoms with E-state index in [1.54, 1.807) is 6.07 Å². The standard InChI is InChI=1S/C20H27NO4/c1-19(2)11-21(12-20(25-19)7-8-24-13-20)18(23)16-9-14-5-3-4-6-15(14)10-17(16)22/h9-10,22H,3-8,11-13H2,1-2H3. The van der Waals surface area contributed by atoms with E-state index in [0.29, 0.717) is 31.9 Å². The Morgan fingerprint density at radius 1 is 1.16 bits per heavy atom. The lowest BCUT2D eigenvalue weighted by Crippen LogP contribution is -2.61. The van der Waals surface area contributed by atoms with Crippen molar-refractivity contribution in [1.82, 2.24) is 4.90 Å². The van der Waals surface area contributed by atoms with E-state index in [-0.39, 0.29) is 11.7 Å². The summed E-state index contributed by atoms with van der Waals surface area (Å²) < 4.78 is 11.8. The maximum absolute atomic E-state index is 13.2. The molecule has 1 unspecified atom stereocenters. The Hall–Kier alpha value is -1.59. The number of phenols is 1. The fourth-order valence-corrected chi connectivity index (χ4v) is 4.57. The molecule has 1 spiro atoms. The van der Waals surface area contributed by atoms with Gasteiger partial charge >= 0.3 is 0 Å². The number of morpholine rings is 1. The van der Waals surface area contributed by atoms with Crippen molar-refractivity contribution in [2.24, 2.45) is 0 Å². The summed E-state index contributed by atoms with van der Waals surface area (Å²) in [6.07, 6.45) is 5.08. The summed E-state index contributed by atoms with van der Waals surface area (Å²) in [5.74, 6) is 0.000179. The van der Waals surface area contributed by atoms with E-state index in [2.05, 4.69) is 0 Å². The smallest absolute Gasteiger partial charge is 0.257 e. The van der Waals surface area contributed by atoms with Crippen LogP contribution in [0.3, 0.4) is 0 Å². The van der Waals surface area contributed by atoms with Crippen molar-refractivity contribution < 1.29 is 19.4 Å². The molecular weight excluding hydrogens is 318 g/mol. The molecule has 136 valence electrons. The van der Waals surface area contributed by atoms with Crippen molar-refractivity contribution >= 4 is 5.91 Å². The highest BCUT2D eigenvalue weighted by Crippen LogP contribution is 2.36. The maximum atomic E-state index is 13.2. The second-order valence-electron chi connectivity index (χ2n) is 8.35. The van der Waals surface area contributed by atoms with Gasteiger partial charge in [0.2, 0.25) is 0 Å². The highest BCUT2D eigenvalue weighted by Gasteiger charge is 2.48. The number of ether oxygens (including phenoxy) is 2. The van der Waals surface area contributed by atoms with Crippen LogP contribution in [0.4, 0.5) is 0 Å². The van der Waals surface area contributed by atoms with Crippen LogP contribution in [0.1, 0.15) is 54.6 Å². The molecule has 25 heavy (non-hydrogen) atoms. The Morgan fingerprint density at radius 3 is 2.56 bits per heavy atom. The second-order valence-corrected chi connectivity index (χ2v) is 8.35. The van der Waals surface area contributed by atoms with E-state index in [1.165, 1.54) is 11.1 Å². The Morgan fingerprint density at radius 2 is 1.88 bits per heavy atom. The quantitative estimate of drug-likeness (QED) is 0.850. The third kappa shape index (κ3) is 3.15. The Balaban J connectivity index is 1.64. The molecule has 0 saturated carbocycles. The van der Waals surface area contributed by atoms with E-state index >= 15 is 0 Å². The minimum absolute atomic E-state index is 0.103. The van der Waals surface area contributed by atoms with Crippen LogP contribution in [0.15, 0.2) is 12.1 Å². The fourth-order valence-electron chi connectivity index (χ4n) is 4.57. The summed E-state index contributed by atoms with van der Waals surface area (Å²) in [6, 6.07) is 3.70. The average Bonchev–Trinajstić information content (AvgIpc) is 2.99. The van der Waals surface area contributed by atoms with Gasteiger partial charge in [0.25, 0.3) is 5.91 Å². The van der Waals surface area contributed by atoms with E-state index in [4.69, 9.17) is 9.47 Å². The first-order chi connectivity index (χ1) is 11.9. The second kappa shape index (κ2) is 5.99. The van der Waals surface area contributed by atoms with E-state index in [1.807, 2.05) is 24.8 Å². The lowest BCUT2D eigenvalue weighted by atomic mass is 9.89. The van der Waals surface area contributed by atoms with Crippen LogP contribution < -0.4 is 0 Å². The molecule has 0 aromatic heterocycles. The van der Waals surface area contributed by atoms with Gasteiger partial charge in [-0.2, -0.15) is 0 Å². The van der Waals surface area contributed by atoms with Gasteiger partial charge in [-0.25, -0.2) is 0 Å². The molecular formula is C20H27NO4. The molecule has 5 heteroatoms. The molecule has 1 atom stereocenters. The van der Waals surface area contributed by atoms with Gasteiger partial charge in [-0.1, -0.05) is 0 Å². The van der Waals surface area contributed by atoms with E-state index in [9.17, 15) is 9.90 Å². The highest BCUT2D eigenvalue weighted by molar-refractivity contribution is 5.97. The molecule has 5 nitrogen and oxygen atoms in total. The van der Waals surface area contributed by atoms with Crippen molar-refractivity contribution in [3.05, 3.63) is 28.8 Å². The number of carbonyl (C=O) groups is 1. The minimum Gasteiger partial charge on any atom is -0.507 e. The van der Waals surface area contributed by atoms with Crippen LogP contribution in [0.2, 0.25) is 0 Å². The number of hydrogen-bond donors (Lipinski definition) is 1. The van der Waals surface area contributed by atoms with Gasteiger partial charge in [-0.3, -0.25) is 4.79 Å². The zero-order valence-electron chi connectivity index (χ0n) is 15.1. The number of amides is 1. The van der Waals surface area contributed by atoms with Crippen LogP contribution >= 0.6 is 0 Å². The van der Waals surface area contributed by atoms with Crippen molar-refractivity contribution in [3.8, 4) is 5.75 Å². The van der Waals surface area contributed by atoms with Crippen molar-refractivity contribution in [3.63, 3.8) is 0 Å². The first-order valence-corrected chi connectivity index (χ1v) is 9.30. The maximum Gasteiger partial charge on any atom is 0.257 e. The summed E-state index contributed by atoms with van der Waals surface area (Å²) in [5.41, 5.74) is 1.97. The molecule has 3 aliphatic rings. The van der Waals surface area contributed by atoms with Crippen LogP contribution in [0.25, 0.3) is 0 Å². The van der Waals surface area contributed by atoms with Gasteiger partial charge in [0.05, 0.1) is 24.3 Å². The van der Waals surface area contributed by atoms with E-state index < -0.39 is 11.2 Å². The minimum atomic E-state index is -0.425. The predicted molar refractivity (Wildman–Crippen MR) is 94.0 cm³/mol. The largest absolute Gasteiger partial charge is 0.507 e. The Kier molecular flexibility index (Phi) is 4.04. The molecule has 0 radical (unpaired) electrons. The molecule has 1 N–H and O–H groups in total. The zero-order valence-corrected chi connectivity index (χ0v) is 15.1. The lowest BCUT2D eigenvalue weighted by molar-refractivity contribution is -0.186. The number of carbonyl (C=O) groups excluding carboxylic acids is 1. The van der Waals surface area contributed by atoms with Crippen LogP contribution in [-0.4, -0.2) is 53.4 Å². The molecule has 2 aliphatic heterocycles. The first kappa shape index (κ1) is 16.9. The van der Waals surface area contributed by atoms with Crippen LogP contribution in [0.5, 0.6) is 5.75 Å². The predicted octanol–water partition coefficient (Wildman–Crippen LogP) is 2.68. The monoisotopic (exact) mass is 345 g/mol. The van der Waals surface area contributed by atoms with Gasteiger partial charge in [-0.15, -0.1) is 0 Å². The molecule has 1 amide bonds. The summed E-state index contributed by atoms with van der Waals surface area (Å²) in [6.45, 7) is 6.26. The molecule has 0 bridgehead atoms. The molecule has 1 aliphatic carbocycles. The number of nitrogens with zero attached hydrogens (tertiary/aromatic N) is 1. The number of aromatic hydroxyl groups is 1. The fraction of sp³-hybridized carbons (Fsp3) is 0.650. The zero-order chi connectivity index (χ0) is 17.7. The molecule has 2 saturated heterocycles. The number of hydrogen-bond acceptors (Lipinski definition) is 4. The third-order valence-corrected chi connectivity index (χ3v) is 5.59. The molecule has 4 rings (SSSR count). The van der Waals surface area contributed by atoms with E-state index in [0.717, 1.165) is 32.1 Å². The summed E-state index contributed by atoms with van der Waals surface area (Å²) in [7, 11) is 0. The Labute approximate surface area is 148 Å². The lowest BCUT2D eigenvalue weighted by Gasteiger charge is -2.48. The first-order valence-electron chi connectivity index (χ1n) is 9.30. The number of aryl methyl sites for hydroxylation is 2. The van der Waals surface area contributed by atoms with Gasteiger partial charge in [0.15, 0.2) is 0 Å². The number of fused-ring (bicyclic) bond motifs is 1. The highest BCUT2D eigenvalue weighted by atomic mass is 16.6. The van der Waals surface area contributed by atoms with Crippen molar-refractivity contribution in [2.45, 2.75) is 57.2 Å². The van der Waals surface area contributed by atoms with Gasteiger partial charge in [-0.05, 0) is 62.8 Å². The van der Waals surface area contributed by atoms with Gasteiger partial charge < -0.3 is 19.5 Å². The molecule has 1 aromatic carbocycles. The Bertz CT molecular complexity index is 691. The number of benzene rings is 1. The third-order valence-electron chi connectivity index (χ3n) is 5.59. The van der Waals surface area contributed by atoms with Crippen molar-refractivity contribution in [2.75, 3.05) is 26.3 Å². The average molecular weight is 345 g/mol. The number of phenolic OH excluding ortho intramolecular Hbond substituents is 1. The molecule has 2 heterocycles. The van der Waals surface area contributed by atoms with Gasteiger partial charge in [0.1, 0.15) is 11.4 Å². The molecule has 2 fully saturated rings. The van der Waals surface area contributed by atoms with Crippen LogP contribution in [0, 0.1) is 0 Å². The normalized spacial score (nSPS) is 28.2. The summed E-state index contributed by atoms with van der Waals surface area (Å²) >= 11 is 0. The summed E-state index contributed by atoms with van der Waals surface area (Å²) in [4.78, 5) is 15.0. The van der Waals surface area contributed by atoms with Crippen LogP contribution in [-0.2, 0) is 22.3 Å².